The van der Waals surface area contributed by atoms with Crippen LogP contribution < -0.4 is 5.01 Å². The van der Waals surface area contributed by atoms with E-state index >= 15 is 0 Å². The maximum Gasteiger partial charge on any atom is 0.243 e. The number of nitrogens with zero attached hydrogens (tertiary/aromatic N) is 2. The molecule has 1 N–H and O–H groups in total. The third kappa shape index (κ3) is 1.99. The van der Waals surface area contributed by atoms with Crippen LogP contribution in [0.15, 0.2) is 24.3 Å². The second kappa shape index (κ2) is 4.49. The molecule has 0 unspecified atom stereocenters. The van der Waals surface area contributed by atoms with Gasteiger partial charge >= 0.3 is 0 Å². The fourth-order valence-corrected chi connectivity index (χ4v) is 1.81. The third-order valence-corrected chi connectivity index (χ3v) is 2.55. The number of aliphatic hydroxyl groups is 1. The van der Waals surface area contributed by atoms with Crippen LogP contribution in [0.2, 0.25) is 0 Å². The van der Waals surface area contributed by atoms with E-state index in [0.717, 1.165) is 5.69 Å². The van der Waals surface area contributed by atoms with E-state index in [9.17, 15) is 9.18 Å². The molecule has 1 aromatic rings. The van der Waals surface area contributed by atoms with Gasteiger partial charge in [0.25, 0.3) is 0 Å². The number of carbonyl (C=O) groups excluding carboxylic acids is 1. The molecule has 0 aromatic heterocycles. The zero-order chi connectivity index (χ0) is 11.5. The molecule has 0 bridgehead atoms. The smallest absolute Gasteiger partial charge is 0.243 e. The second-order valence-corrected chi connectivity index (χ2v) is 3.59. The quantitative estimate of drug-likeness (QED) is 0.824. The van der Waals surface area contributed by atoms with E-state index in [0.29, 0.717) is 13.0 Å². The van der Waals surface area contributed by atoms with Crippen LogP contribution >= 0.6 is 0 Å². The highest BCUT2D eigenvalue weighted by Crippen LogP contribution is 2.22. The first kappa shape index (κ1) is 10.9. The summed E-state index contributed by atoms with van der Waals surface area (Å²) in [5, 5.41) is 12.1. The van der Waals surface area contributed by atoms with Gasteiger partial charge in [-0.25, -0.2) is 4.39 Å². The summed E-state index contributed by atoms with van der Waals surface area (Å²) in [4.78, 5) is 11.5. The number of carbonyl (C=O) groups is 1. The Labute approximate surface area is 92.9 Å². The van der Waals surface area contributed by atoms with Gasteiger partial charge in [-0.15, -0.1) is 0 Å². The molecular formula is C11H13FN2O2. The van der Waals surface area contributed by atoms with E-state index in [4.69, 9.17) is 5.11 Å². The number of hydrazine groups is 1. The second-order valence-electron chi connectivity index (χ2n) is 3.59. The first-order valence-electron chi connectivity index (χ1n) is 5.16. The van der Waals surface area contributed by atoms with Gasteiger partial charge in [-0.05, 0) is 24.3 Å². The van der Waals surface area contributed by atoms with Gasteiger partial charge in [0.05, 0.1) is 18.8 Å². The number of hydrogen-bond donors (Lipinski definition) is 1. The molecule has 1 aromatic carbocycles. The maximum absolute atomic E-state index is 12.8. The Morgan fingerprint density at radius 3 is 2.62 bits per heavy atom. The van der Waals surface area contributed by atoms with Crippen molar-refractivity contribution in [2.45, 2.75) is 6.42 Å². The standard InChI is InChI=1S/C11H13FN2O2/c12-9-1-3-10(4-2-9)13-6-5-11(16)14(13)7-8-15/h1-4,15H,5-8H2. The SMILES string of the molecule is O=C1CCN(c2ccc(F)cc2)N1CCO. The van der Waals surface area contributed by atoms with Crippen LogP contribution in [0.1, 0.15) is 6.42 Å². The van der Waals surface area contributed by atoms with Crippen LogP contribution in [0.4, 0.5) is 10.1 Å². The molecule has 1 amide bonds. The van der Waals surface area contributed by atoms with Crippen LogP contribution in [0.3, 0.4) is 0 Å². The fourth-order valence-electron chi connectivity index (χ4n) is 1.81. The summed E-state index contributed by atoms with van der Waals surface area (Å²) < 4.78 is 12.8. The minimum absolute atomic E-state index is 0.0154. The molecule has 1 heterocycles. The van der Waals surface area contributed by atoms with Crippen molar-refractivity contribution in [1.29, 1.82) is 0 Å². The number of hydrogen-bond acceptors (Lipinski definition) is 3. The van der Waals surface area contributed by atoms with E-state index in [2.05, 4.69) is 0 Å². The number of aliphatic hydroxyl groups excluding tert-OH is 1. The third-order valence-electron chi connectivity index (χ3n) is 2.55. The Morgan fingerprint density at radius 1 is 1.31 bits per heavy atom. The molecule has 1 aliphatic heterocycles. The Bertz CT molecular complexity index is 380. The topological polar surface area (TPSA) is 43.8 Å². The average Bonchev–Trinajstić information content (AvgIpc) is 2.63. The summed E-state index contributed by atoms with van der Waals surface area (Å²) in [5.41, 5.74) is 0.765. The number of halogens is 1. The van der Waals surface area contributed by atoms with Crippen LogP contribution in [0.5, 0.6) is 0 Å². The summed E-state index contributed by atoms with van der Waals surface area (Å²) >= 11 is 0. The van der Waals surface area contributed by atoms with Crippen LogP contribution in [-0.2, 0) is 4.79 Å². The van der Waals surface area contributed by atoms with Crippen LogP contribution in [-0.4, -0.2) is 35.7 Å². The van der Waals surface area contributed by atoms with Crippen LogP contribution in [0, 0.1) is 5.82 Å². The number of benzene rings is 1. The summed E-state index contributed by atoms with van der Waals surface area (Å²) in [6.45, 7) is 0.768. The molecule has 0 saturated carbocycles. The Balaban J connectivity index is 2.19. The van der Waals surface area contributed by atoms with Gasteiger partial charge in [-0.2, -0.15) is 0 Å². The van der Waals surface area contributed by atoms with Crippen molar-refractivity contribution < 1.29 is 14.3 Å². The summed E-state index contributed by atoms with van der Waals surface area (Å²) in [5.74, 6) is -0.318. The van der Waals surface area contributed by atoms with E-state index < -0.39 is 0 Å². The number of β-amino-alcohol motifs (C(OH)–C–C–N with tert-alkyl or cyclic N) is 1. The molecule has 0 spiro atoms. The highest BCUT2D eigenvalue weighted by molar-refractivity contribution is 5.81. The summed E-state index contributed by atoms with van der Waals surface area (Å²) in [6, 6.07) is 5.96. The minimum Gasteiger partial charge on any atom is -0.394 e. The van der Waals surface area contributed by atoms with Gasteiger partial charge in [0, 0.05) is 13.0 Å². The predicted molar refractivity (Wildman–Crippen MR) is 57.2 cm³/mol. The number of rotatable bonds is 3. The van der Waals surface area contributed by atoms with Crippen molar-refractivity contribution in [3.05, 3.63) is 30.1 Å². The summed E-state index contributed by atoms with van der Waals surface area (Å²) in [7, 11) is 0. The lowest BCUT2D eigenvalue weighted by Gasteiger charge is -2.29. The van der Waals surface area contributed by atoms with Crippen molar-refractivity contribution in [2.24, 2.45) is 0 Å². The van der Waals surface area contributed by atoms with E-state index in [1.54, 1.807) is 17.1 Å². The predicted octanol–water partition coefficient (Wildman–Crippen LogP) is 0.772. The molecular weight excluding hydrogens is 211 g/mol. The Morgan fingerprint density at radius 2 is 2.00 bits per heavy atom. The lowest BCUT2D eigenvalue weighted by molar-refractivity contribution is -0.128. The van der Waals surface area contributed by atoms with E-state index in [1.165, 1.54) is 17.1 Å². The monoisotopic (exact) mass is 224 g/mol. The van der Waals surface area contributed by atoms with Gasteiger partial charge in [0.2, 0.25) is 5.91 Å². The van der Waals surface area contributed by atoms with Crippen molar-refractivity contribution in [3.8, 4) is 0 Å². The molecule has 1 aliphatic rings. The van der Waals surface area contributed by atoms with E-state index in [1.807, 2.05) is 0 Å². The maximum atomic E-state index is 12.8. The van der Waals surface area contributed by atoms with Gasteiger partial charge in [0.15, 0.2) is 0 Å². The molecule has 2 rings (SSSR count). The molecule has 0 radical (unpaired) electrons. The molecule has 0 aliphatic carbocycles. The van der Waals surface area contributed by atoms with Crippen molar-refractivity contribution in [3.63, 3.8) is 0 Å². The lowest BCUT2D eigenvalue weighted by Crippen LogP contribution is -2.40. The summed E-state index contributed by atoms with van der Waals surface area (Å²) in [6.07, 6.45) is 0.428. The lowest BCUT2D eigenvalue weighted by atomic mass is 10.3. The molecule has 1 saturated heterocycles. The van der Waals surface area contributed by atoms with E-state index in [-0.39, 0.29) is 24.9 Å². The van der Waals surface area contributed by atoms with Crippen molar-refractivity contribution >= 4 is 11.6 Å². The first-order valence-corrected chi connectivity index (χ1v) is 5.16. The molecule has 4 nitrogen and oxygen atoms in total. The fraction of sp³-hybridized carbons (Fsp3) is 0.364. The Kier molecular flexibility index (Phi) is 3.05. The van der Waals surface area contributed by atoms with Gasteiger partial charge in [0.1, 0.15) is 5.82 Å². The first-order chi connectivity index (χ1) is 7.72. The number of anilines is 1. The largest absolute Gasteiger partial charge is 0.394 e. The van der Waals surface area contributed by atoms with Crippen LogP contribution in [0.25, 0.3) is 0 Å². The zero-order valence-corrected chi connectivity index (χ0v) is 8.77. The number of amides is 1. The highest BCUT2D eigenvalue weighted by atomic mass is 19.1. The molecule has 86 valence electrons. The minimum atomic E-state index is -0.303. The van der Waals surface area contributed by atoms with Crippen molar-refractivity contribution in [2.75, 3.05) is 24.7 Å². The molecule has 0 atom stereocenters. The Hall–Kier alpha value is -1.62. The molecule has 16 heavy (non-hydrogen) atoms. The normalized spacial score (nSPS) is 16.0. The van der Waals surface area contributed by atoms with Gasteiger partial charge < -0.3 is 5.11 Å². The molecule has 5 heteroatoms. The van der Waals surface area contributed by atoms with Crippen molar-refractivity contribution in [1.82, 2.24) is 5.01 Å². The molecule has 1 fully saturated rings. The zero-order valence-electron chi connectivity index (χ0n) is 8.77. The van der Waals surface area contributed by atoms with Gasteiger partial charge in [-0.3, -0.25) is 14.8 Å². The highest BCUT2D eigenvalue weighted by Gasteiger charge is 2.28. The average molecular weight is 224 g/mol. The van der Waals surface area contributed by atoms with Gasteiger partial charge in [-0.1, -0.05) is 0 Å².